The van der Waals surface area contributed by atoms with Crippen LogP contribution in [0.25, 0.3) is 0 Å². The normalized spacial score (nSPS) is 19.7. The quantitative estimate of drug-likeness (QED) is 0.827. The van der Waals surface area contributed by atoms with Crippen LogP contribution in [0, 0.1) is 0 Å². The van der Waals surface area contributed by atoms with Crippen molar-refractivity contribution in [2.24, 2.45) is 0 Å². The second-order valence-electron chi connectivity index (χ2n) is 5.67. The SMILES string of the molecule is CCN(OCc1ccccc1)C1(CC)C(=O)Nc2ccccc21. The first-order valence-electron chi connectivity index (χ1n) is 8.07. The standard InChI is InChI=1S/C19H22N2O2/c1-3-19(16-12-8-9-13-17(16)20-18(19)22)21(4-2)23-14-15-10-6-5-7-11-15/h5-13H,3-4,14H2,1-2H3,(H,20,22). The molecule has 1 aliphatic heterocycles. The van der Waals surface area contributed by atoms with Gasteiger partial charge in [-0.15, -0.1) is 0 Å². The van der Waals surface area contributed by atoms with Gasteiger partial charge in [-0.25, -0.2) is 0 Å². The molecule has 1 N–H and O–H groups in total. The Balaban J connectivity index is 1.90. The molecule has 2 aromatic rings. The molecule has 0 aliphatic carbocycles. The number of anilines is 1. The summed E-state index contributed by atoms with van der Waals surface area (Å²) in [5.74, 6) is -0.0175. The highest BCUT2D eigenvalue weighted by molar-refractivity contribution is 6.05. The average Bonchev–Trinajstić information content (AvgIpc) is 2.89. The fourth-order valence-corrected chi connectivity index (χ4v) is 3.27. The molecule has 1 atom stereocenters. The maximum Gasteiger partial charge on any atom is 0.251 e. The van der Waals surface area contributed by atoms with Gasteiger partial charge in [0.2, 0.25) is 0 Å². The summed E-state index contributed by atoms with van der Waals surface area (Å²) in [6.45, 7) is 5.11. The molecule has 0 aromatic heterocycles. The van der Waals surface area contributed by atoms with Crippen molar-refractivity contribution in [2.75, 3.05) is 11.9 Å². The summed E-state index contributed by atoms with van der Waals surface area (Å²) in [5, 5.41) is 4.81. The second kappa shape index (κ2) is 6.52. The van der Waals surface area contributed by atoms with E-state index in [0.29, 0.717) is 19.6 Å². The molecule has 0 radical (unpaired) electrons. The Morgan fingerprint density at radius 3 is 2.43 bits per heavy atom. The van der Waals surface area contributed by atoms with Crippen molar-refractivity contribution in [2.45, 2.75) is 32.4 Å². The number of carbonyl (C=O) groups excluding carboxylic acids is 1. The molecule has 0 fully saturated rings. The molecule has 1 unspecified atom stereocenters. The number of amides is 1. The molecule has 3 rings (SSSR count). The number of nitrogens with one attached hydrogen (secondary N) is 1. The summed E-state index contributed by atoms with van der Waals surface area (Å²) >= 11 is 0. The van der Waals surface area contributed by atoms with Crippen molar-refractivity contribution in [3.05, 3.63) is 65.7 Å². The smallest absolute Gasteiger partial charge is 0.251 e. The molecule has 120 valence electrons. The maximum absolute atomic E-state index is 12.8. The van der Waals surface area contributed by atoms with E-state index in [4.69, 9.17) is 4.84 Å². The molecule has 0 bridgehead atoms. The van der Waals surface area contributed by atoms with Gasteiger partial charge >= 0.3 is 0 Å². The maximum atomic E-state index is 12.8. The Morgan fingerprint density at radius 1 is 1.04 bits per heavy atom. The Kier molecular flexibility index (Phi) is 4.46. The van der Waals surface area contributed by atoms with Crippen LogP contribution in [0.2, 0.25) is 0 Å². The number of likely N-dealkylation sites (N-methyl/N-ethyl adjacent to an activating group) is 1. The Labute approximate surface area is 137 Å². The minimum atomic E-state index is -0.764. The fourth-order valence-electron chi connectivity index (χ4n) is 3.27. The largest absolute Gasteiger partial charge is 0.324 e. The van der Waals surface area contributed by atoms with E-state index in [2.05, 4.69) is 5.32 Å². The van der Waals surface area contributed by atoms with Crippen molar-refractivity contribution in [3.63, 3.8) is 0 Å². The van der Waals surface area contributed by atoms with Gasteiger partial charge in [-0.05, 0) is 18.1 Å². The van der Waals surface area contributed by atoms with Crippen molar-refractivity contribution in [3.8, 4) is 0 Å². The summed E-state index contributed by atoms with van der Waals surface area (Å²) < 4.78 is 0. The van der Waals surface area contributed by atoms with Crippen molar-refractivity contribution in [1.82, 2.24) is 5.06 Å². The van der Waals surface area contributed by atoms with Crippen LogP contribution in [-0.4, -0.2) is 17.5 Å². The van der Waals surface area contributed by atoms with Crippen LogP contribution in [-0.2, 0) is 21.8 Å². The van der Waals surface area contributed by atoms with E-state index >= 15 is 0 Å². The lowest BCUT2D eigenvalue weighted by Gasteiger charge is -2.37. The predicted molar refractivity (Wildman–Crippen MR) is 90.7 cm³/mol. The van der Waals surface area contributed by atoms with Gasteiger partial charge in [-0.3, -0.25) is 9.63 Å². The zero-order valence-corrected chi connectivity index (χ0v) is 13.6. The van der Waals surface area contributed by atoms with E-state index in [1.54, 1.807) is 0 Å². The van der Waals surface area contributed by atoms with Crippen molar-refractivity contribution >= 4 is 11.6 Å². The summed E-state index contributed by atoms with van der Waals surface area (Å²) in [7, 11) is 0. The first-order valence-corrected chi connectivity index (χ1v) is 8.07. The van der Waals surface area contributed by atoms with Crippen LogP contribution in [0.4, 0.5) is 5.69 Å². The van der Waals surface area contributed by atoms with E-state index in [1.165, 1.54) is 0 Å². The van der Waals surface area contributed by atoms with Crippen LogP contribution in [0.1, 0.15) is 31.4 Å². The summed E-state index contributed by atoms with van der Waals surface area (Å²) in [4.78, 5) is 18.8. The highest BCUT2D eigenvalue weighted by atomic mass is 16.7. The molecular formula is C19H22N2O2. The van der Waals surface area contributed by atoms with Gasteiger partial charge < -0.3 is 5.32 Å². The number of carbonyl (C=O) groups is 1. The van der Waals surface area contributed by atoms with Crippen LogP contribution in [0.3, 0.4) is 0 Å². The third-order valence-electron chi connectivity index (χ3n) is 4.45. The topological polar surface area (TPSA) is 41.6 Å². The minimum absolute atomic E-state index is 0.0175. The average molecular weight is 310 g/mol. The van der Waals surface area contributed by atoms with E-state index < -0.39 is 5.54 Å². The minimum Gasteiger partial charge on any atom is -0.324 e. The summed E-state index contributed by atoms with van der Waals surface area (Å²) in [6, 6.07) is 17.9. The van der Waals surface area contributed by atoms with Crippen molar-refractivity contribution in [1.29, 1.82) is 0 Å². The fraction of sp³-hybridized carbons (Fsp3) is 0.316. The molecule has 4 nitrogen and oxygen atoms in total. The first-order chi connectivity index (χ1) is 11.2. The van der Waals surface area contributed by atoms with Crippen LogP contribution >= 0.6 is 0 Å². The van der Waals surface area contributed by atoms with E-state index in [1.807, 2.05) is 73.5 Å². The second-order valence-corrected chi connectivity index (χ2v) is 5.67. The number of para-hydroxylation sites is 1. The van der Waals surface area contributed by atoms with Gasteiger partial charge in [0.25, 0.3) is 5.91 Å². The Hall–Kier alpha value is -2.17. The molecule has 0 saturated heterocycles. The molecule has 2 aromatic carbocycles. The van der Waals surface area contributed by atoms with E-state index in [0.717, 1.165) is 16.8 Å². The van der Waals surface area contributed by atoms with Crippen LogP contribution < -0.4 is 5.32 Å². The number of rotatable bonds is 6. The van der Waals surface area contributed by atoms with Crippen LogP contribution in [0.15, 0.2) is 54.6 Å². The molecule has 0 spiro atoms. The lowest BCUT2D eigenvalue weighted by molar-refractivity contribution is -0.229. The lowest BCUT2D eigenvalue weighted by atomic mass is 9.88. The lowest BCUT2D eigenvalue weighted by Crippen LogP contribution is -2.50. The van der Waals surface area contributed by atoms with Gasteiger partial charge in [0, 0.05) is 17.8 Å². The number of nitrogens with zero attached hydrogens (tertiary/aromatic N) is 1. The molecular weight excluding hydrogens is 288 g/mol. The van der Waals surface area contributed by atoms with Gasteiger partial charge in [0.15, 0.2) is 5.54 Å². The molecule has 1 aliphatic rings. The van der Waals surface area contributed by atoms with Gasteiger partial charge in [-0.2, -0.15) is 5.06 Å². The molecule has 23 heavy (non-hydrogen) atoms. The number of hydrogen-bond acceptors (Lipinski definition) is 3. The highest BCUT2D eigenvalue weighted by Gasteiger charge is 2.50. The zero-order valence-electron chi connectivity index (χ0n) is 13.6. The van der Waals surface area contributed by atoms with Gasteiger partial charge in [0.1, 0.15) is 0 Å². The third-order valence-corrected chi connectivity index (χ3v) is 4.45. The molecule has 1 heterocycles. The monoisotopic (exact) mass is 310 g/mol. The molecule has 0 saturated carbocycles. The van der Waals surface area contributed by atoms with Gasteiger partial charge in [-0.1, -0.05) is 62.4 Å². The third kappa shape index (κ3) is 2.64. The number of hydroxylamine groups is 2. The van der Waals surface area contributed by atoms with Crippen molar-refractivity contribution < 1.29 is 9.63 Å². The Morgan fingerprint density at radius 2 is 1.74 bits per heavy atom. The number of benzene rings is 2. The van der Waals surface area contributed by atoms with E-state index in [9.17, 15) is 4.79 Å². The molecule has 1 amide bonds. The summed E-state index contributed by atoms with van der Waals surface area (Å²) in [5.41, 5.74) is 2.19. The molecule has 4 heteroatoms. The van der Waals surface area contributed by atoms with Gasteiger partial charge in [0.05, 0.1) is 6.61 Å². The zero-order chi connectivity index (χ0) is 16.3. The predicted octanol–water partition coefficient (Wildman–Crippen LogP) is 3.70. The van der Waals surface area contributed by atoms with Crippen LogP contribution in [0.5, 0.6) is 0 Å². The Bertz CT molecular complexity index is 687. The van der Waals surface area contributed by atoms with E-state index in [-0.39, 0.29) is 5.91 Å². The number of fused-ring (bicyclic) bond motifs is 1. The summed E-state index contributed by atoms with van der Waals surface area (Å²) in [6.07, 6.45) is 0.651. The highest BCUT2D eigenvalue weighted by Crippen LogP contribution is 2.43. The first kappa shape index (κ1) is 15.7. The number of hydrogen-bond donors (Lipinski definition) is 1.